The quantitative estimate of drug-likeness (QED) is 0.867. The molecule has 0 aliphatic heterocycles. The maximum Gasteiger partial charge on any atom is 0.0954 e. The van der Waals surface area contributed by atoms with E-state index in [9.17, 15) is 0 Å². The van der Waals surface area contributed by atoms with Gasteiger partial charge in [-0.1, -0.05) is 20.8 Å². The first-order valence-electron chi connectivity index (χ1n) is 6.48. The molecule has 1 N–H and O–H groups in total. The molecule has 0 radical (unpaired) electrons. The fraction of sp³-hybridized carbons (Fsp3) is 0.500. The molecule has 0 amide bonds. The Kier molecular flexibility index (Phi) is 4.55. The molecule has 0 aliphatic rings. The standard InChI is InChI=1S/C14H21N3S/c1-4-15-7-12-5-6-17(8-12)9-13-10-18-14(16-13)11(2)3/h5-6,8,10-11,15H,4,7,9H2,1-3H3. The minimum atomic E-state index is 0.526. The molecule has 0 fully saturated rings. The largest absolute Gasteiger partial charge is 0.348 e. The van der Waals surface area contributed by atoms with E-state index in [0.717, 1.165) is 25.3 Å². The number of nitrogens with zero attached hydrogens (tertiary/aromatic N) is 2. The molecule has 2 heterocycles. The zero-order valence-electron chi connectivity index (χ0n) is 11.3. The molecule has 0 unspecified atom stereocenters. The normalized spacial score (nSPS) is 11.3. The Morgan fingerprint density at radius 2 is 2.28 bits per heavy atom. The lowest BCUT2D eigenvalue weighted by molar-refractivity contribution is 0.718. The highest BCUT2D eigenvalue weighted by Crippen LogP contribution is 2.19. The van der Waals surface area contributed by atoms with Crippen molar-refractivity contribution in [3.05, 3.63) is 40.1 Å². The summed E-state index contributed by atoms with van der Waals surface area (Å²) < 4.78 is 2.20. The molecule has 0 aromatic carbocycles. The lowest BCUT2D eigenvalue weighted by Crippen LogP contribution is -2.11. The van der Waals surface area contributed by atoms with Crippen molar-refractivity contribution in [2.24, 2.45) is 0 Å². The van der Waals surface area contributed by atoms with Gasteiger partial charge in [0.1, 0.15) is 0 Å². The van der Waals surface area contributed by atoms with Crippen LogP contribution in [0.25, 0.3) is 0 Å². The molecule has 98 valence electrons. The second kappa shape index (κ2) is 6.16. The van der Waals surface area contributed by atoms with Gasteiger partial charge in [0.05, 0.1) is 17.2 Å². The van der Waals surface area contributed by atoms with Gasteiger partial charge in [0.15, 0.2) is 0 Å². The predicted molar refractivity (Wildman–Crippen MR) is 77.1 cm³/mol. The molecule has 2 aromatic rings. The molecular formula is C14H21N3S. The first-order chi connectivity index (χ1) is 8.69. The van der Waals surface area contributed by atoms with Crippen LogP contribution < -0.4 is 5.32 Å². The van der Waals surface area contributed by atoms with Gasteiger partial charge in [0, 0.05) is 30.2 Å². The molecule has 2 rings (SSSR count). The molecule has 0 bridgehead atoms. The maximum atomic E-state index is 4.66. The van der Waals surface area contributed by atoms with Crippen LogP contribution in [0.2, 0.25) is 0 Å². The van der Waals surface area contributed by atoms with Gasteiger partial charge in [-0.3, -0.25) is 0 Å². The average molecular weight is 263 g/mol. The molecule has 0 atom stereocenters. The molecule has 0 aliphatic carbocycles. The predicted octanol–water partition coefficient (Wildman–Crippen LogP) is 3.23. The molecule has 0 saturated carbocycles. The fourth-order valence-corrected chi connectivity index (χ4v) is 2.64. The average Bonchev–Trinajstić information content (AvgIpc) is 2.96. The van der Waals surface area contributed by atoms with Crippen molar-refractivity contribution in [3.63, 3.8) is 0 Å². The summed E-state index contributed by atoms with van der Waals surface area (Å²) in [6, 6.07) is 2.17. The Balaban J connectivity index is 1.97. The summed E-state index contributed by atoms with van der Waals surface area (Å²) in [6.45, 7) is 9.32. The third-order valence-corrected chi connectivity index (χ3v) is 3.99. The molecule has 18 heavy (non-hydrogen) atoms. The minimum absolute atomic E-state index is 0.526. The van der Waals surface area contributed by atoms with E-state index in [4.69, 9.17) is 0 Å². The summed E-state index contributed by atoms with van der Waals surface area (Å²) in [5, 5.41) is 6.73. The van der Waals surface area contributed by atoms with Crippen molar-refractivity contribution in [1.29, 1.82) is 0 Å². The van der Waals surface area contributed by atoms with Crippen LogP contribution in [0.3, 0.4) is 0 Å². The third kappa shape index (κ3) is 3.43. The van der Waals surface area contributed by atoms with Crippen molar-refractivity contribution in [3.8, 4) is 0 Å². The van der Waals surface area contributed by atoms with Crippen LogP contribution in [0.15, 0.2) is 23.8 Å². The van der Waals surface area contributed by atoms with Crippen LogP contribution in [0.4, 0.5) is 0 Å². The van der Waals surface area contributed by atoms with E-state index in [1.165, 1.54) is 10.6 Å². The van der Waals surface area contributed by atoms with E-state index in [0.29, 0.717) is 5.92 Å². The zero-order chi connectivity index (χ0) is 13.0. The fourth-order valence-electron chi connectivity index (χ4n) is 1.81. The van der Waals surface area contributed by atoms with Crippen molar-refractivity contribution >= 4 is 11.3 Å². The summed E-state index contributed by atoms with van der Waals surface area (Å²) >= 11 is 1.76. The SMILES string of the molecule is CCNCc1ccn(Cc2csc(C(C)C)n2)c1. The molecular weight excluding hydrogens is 242 g/mol. The number of rotatable bonds is 6. The lowest BCUT2D eigenvalue weighted by Gasteiger charge is -2.00. The Hall–Kier alpha value is -1.13. The van der Waals surface area contributed by atoms with Gasteiger partial charge in [-0.05, 0) is 18.2 Å². The summed E-state index contributed by atoms with van der Waals surface area (Å²) in [6.07, 6.45) is 4.32. The van der Waals surface area contributed by atoms with Crippen molar-refractivity contribution < 1.29 is 0 Å². The molecule has 0 spiro atoms. The highest BCUT2D eigenvalue weighted by Gasteiger charge is 2.06. The van der Waals surface area contributed by atoms with Crippen molar-refractivity contribution in [2.75, 3.05) is 6.54 Å². The molecule has 2 aromatic heterocycles. The van der Waals surface area contributed by atoms with Gasteiger partial charge in [-0.2, -0.15) is 0 Å². The third-order valence-electron chi connectivity index (χ3n) is 2.80. The van der Waals surface area contributed by atoms with Crippen LogP contribution in [0.1, 0.15) is 43.0 Å². The van der Waals surface area contributed by atoms with Crippen LogP contribution in [-0.4, -0.2) is 16.1 Å². The smallest absolute Gasteiger partial charge is 0.0954 e. The number of hydrogen-bond donors (Lipinski definition) is 1. The highest BCUT2D eigenvalue weighted by molar-refractivity contribution is 7.09. The van der Waals surface area contributed by atoms with E-state index in [-0.39, 0.29) is 0 Å². The summed E-state index contributed by atoms with van der Waals surface area (Å²) in [7, 11) is 0. The number of hydrogen-bond acceptors (Lipinski definition) is 3. The summed E-state index contributed by atoms with van der Waals surface area (Å²) in [5.41, 5.74) is 2.49. The lowest BCUT2D eigenvalue weighted by atomic mass is 10.2. The van der Waals surface area contributed by atoms with E-state index in [2.05, 4.69) is 59.5 Å². The Bertz CT molecular complexity index is 485. The Morgan fingerprint density at radius 3 is 2.94 bits per heavy atom. The van der Waals surface area contributed by atoms with Gasteiger partial charge in [0.2, 0.25) is 0 Å². The van der Waals surface area contributed by atoms with Crippen molar-refractivity contribution in [2.45, 2.75) is 39.8 Å². The monoisotopic (exact) mass is 263 g/mol. The van der Waals surface area contributed by atoms with Gasteiger partial charge >= 0.3 is 0 Å². The van der Waals surface area contributed by atoms with Crippen molar-refractivity contribution in [1.82, 2.24) is 14.9 Å². The van der Waals surface area contributed by atoms with Gasteiger partial charge in [-0.15, -0.1) is 11.3 Å². The summed E-state index contributed by atoms with van der Waals surface area (Å²) in [4.78, 5) is 4.66. The minimum Gasteiger partial charge on any atom is -0.348 e. The summed E-state index contributed by atoms with van der Waals surface area (Å²) in [5.74, 6) is 0.526. The number of nitrogens with one attached hydrogen (secondary N) is 1. The zero-order valence-corrected chi connectivity index (χ0v) is 12.1. The van der Waals surface area contributed by atoms with E-state index in [1.54, 1.807) is 11.3 Å². The highest BCUT2D eigenvalue weighted by atomic mass is 32.1. The van der Waals surface area contributed by atoms with E-state index >= 15 is 0 Å². The number of aromatic nitrogens is 2. The van der Waals surface area contributed by atoms with Crippen LogP contribution >= 0.6 is 11.3 Å². The maximum absolute atomic E-state index is 4.66. The van der Waals surface area contributed by atoms with Crippen LogP contribution in [-0.2, 0) is 13.1 Å². The second-order valence-corrected chi connectivity index (χ2v) is 5.69. The Labute approximate surface area is 113 Å². The first kappa shape index (κ1) is 13.3. The topological polar surface area (TPSA) is 29.9 Å². The number of thiazole rings is 1. The van der Waals surface area contributed by atoms with Gasteiger partial charge < -0.3 is 9.88 Å². The molecule has 3 nitrogen and oxygen atoms in total. The first-order valence-corrected chi connectivity index (χ1v) is 7.36. The van der Waals surface area contributed by atoms with Gasteiger partial charge in [0.25, 0.3) is 0 Å². The second-order valence-electron chi connectivity index (χ2n) is 4.80. The van der Waals surface area contributed by atoms with Gasteiger partial charge in [-0.25, -0.2) is 4.98 Å². The Morgan fingerprint density at radius 1 is 1.44 bits per heavy atom. The van der Waals surface area contributed by atoms with E-state index < -0.39 is 0 Å². The van der Waals surface area contributed by atoms with Crippen LogP contribution in [0.5, 0.6) is 0 Å². The molecule has 4 heteroatoms. The molecule has 0 saturated heterocycles. The van der Waals surface area contributed by atoms with Crippen LogP contribution in [0, 0.1) is 0 Å². The van der Waals surface area contributed by atoms with E-state index in [1.807, 2.05) is 0 Å².